The van der Waals surface area contributed by atoms with E-state index in [1.807, 2.05) is 36.4 Å². The lowest BCUT2D eigenvalue weighted by molar-refractivity contribution is 1.02. The lowest BCUT2D eigenvalue weighted by atomic mass is 10.1. The lowest BCUT2D eigenvalue weighted by Gasteiger charge is -2.01. The van der Waals surface area contributed by atoms with Crippen molar-refractivity contribution in [2.24, 2.45) is 4.99 Å². The Morgan fingerprint density at radius 1 is 1.00 bits per heavy atom. The third-order valence-electron chi connectivity index (χ3n) is 2.68. The van der Waals surface area contributed by atoms with Gasteiger partial charge in [-0.15, -0.1) is 5.10 Å². The van der Waals surface area contributed by atoms with E-state index < -0.39 is 0 Å². The Morgan fingerprint density at radius 3 is 2.82 bits per heavy atom. The van der Waals surface area contributed by atoms with Crippen LogP contribution in [0.2, 0.25) is 0 Å². The summed E-state index contributed by atoms with van der Waals surface area (Å²) in [5, 5.41) is 7.97. The molecule has 82 valence electrons. The molecule has 0 bridgehead atoms. The minimum absolute atomic E-state index is 0.806. The normalized spacial score (nSPS) is 13.8. The van der Waals surface area contributed by atoms with Crippen LogP contribution in [0.1, 0.15) is 11.3 Å². The van der Waals surface area contributed by atoms with E-state index in [1.54, 1.807) is 6.20 Å². The Morgan fingerprint density at radius 2 is 1.94 bits per heavy atom. The molecule has 0 saturated heterocycles. The number of para-hydroxylation sites is 1. The molecule has 0 atom stereocenters. The number of hydrogen-bond acceptors (Lipinski definition) is 3. The molecule has 3 rings (SSSR count). The molecule has 0 N–H and O–H groups in total. The second kappa shape index (κ2) is 4.29. The molecule has 0 radical (unpaired) electrons. The number of aliphatic imine (C=N–C) groups is 1. The molecule has 0 spiro atoms. The summed E-state index contributed by atoms with van der Waals surface area (Å²) in [4.78, 5) is 4.64. The summed E-state index contributed by atoms with van der Waals surface area (Å²) < 4.78 is 0. The minimum atomic E-state index is 0.806. The maximum atomic E-state index is 4.64. The first-order valence-corrected chi connectivity index (χ1v) is 5.55. The summed E-state index contributed by atoms with van der Waals surface area (Å²) in [6.07, 6.45) is 6.69. The molecule has 0 saturated carbocycles. The van der Waals surface area contributed by atoms with Crippen molar-refractivity contribution < 1.29 is 0 Å². The fourth-order valence-corrected chi connectivity index (χ4v) is 1.84. The molecule has 17 heavy (non-hydrogen) atoms. The number of aromatic nitrogens is 2. The van der Waals surface area contributed by atoms with E-state index in [0.717, 1.165) is 23.5 Å². The first-order chi connectivity index (χ1) is 8.43. The SMILES string of the molecule is C1=CC(c2cccnn2)=Nc2ccccc2C1. The molecular formula is C14H11N3. The second-order valence-electron chi connectivity index (χ2n) is 3.84. The maximum Gasteiger partial charge on any atom is 0.111 e. The smallest absolute Gasteiger partial charge is 0.111 e. The molecule has 2 aromatic rings. The maximum absolute atomic E-state index is 4.64. The van der Waals surface area contributed by atoms with Crippen LogP contribution in [0.5, 0.6) is 0 Å². The van der Waals surface area contributed by atoms with Crippen molar-refractivity contribution in [3.8, 4) is 0 Å². The fourth-order valence-electron chi connectivity index (χ4n) is 1.84. The van der Waals surface area contributed by atoms with E-state index in [4.69, 9.17) is 0 Å². The average molecular weight is 221 g/mol. The molecule has 1 aromatic carbocycles. The quantitative estimate of drug-likeness (QED) is 0.742. The average Bonchev–Trinajstić information content (AvgIpc) is 2.62. The van der Waals surface area contributed by atoms with Gasteiger partial charge in [-0.3, -0.25) is 0 Å². The predicted molar refractivity (Wildman–Crippen MR) is 67.5 cm³/mol. The van der Waals surface area contributed by atoms with Crippen LogP contribution in [0, 0.1) is 0 Å². The molecule has 0 aliphatic carbocycles. The highest BCUT2D eigenvalue weighted by molar-refractivity contribution is 6.08. The standard InChI is InChI=1S/C14H11N3/c1-2-7-12-11(5-1)6-3-8-13(16-12)14-9-4-10-15-17-14/h1-5,7-10H,6H2. The van der Waals surface area contributed by atoms with Crippen LogP contribution in [-0.4, -0.2) is 15.9 Å². The monoisotopic (exact) mass is 221 g/mol. The highest BCUT2D eigenvalue weighted by Crippen LogP contribution is 2.23. The number of hydrogen-bond donors (Lipinski definition) is 0. The third-order valence-corrected chi connectivity index (χ3v) is 2.68. The summed E-state index contributed by atoms with van der Waals surface area (Å²) >= 11 is 0. The summed E-state index contributed by atoms with van der Waals surface area (Å²) in [6, 6.07) is 12.0. The van der Waals surface area contributed by atoms with Gasteiger partial charge >= 0.3 is 0 Å². The van der Waals surface area contributed by atoms with Gasteiger partial charge in [0.15, 0.2) is 0 Å². The van der Waals surface area contributed by atoms with Gasteiger partial charge in [-0.05, 0) is 36.3 Å². The molecule has 1 aliphatic rings. The van der Waals surface area contributed by atoms with Crippen LogP contribution >= 0.6 is 0 Å². The topological polar surface area (TPSA) is 38.1 Å². The van der Waals surface area contributed by atoms with Crippen molar-refractivity contribution in [1.82, 2.24) is 10.2 Å². The first-order valence-electron chi connectivity index (χ1n) is 5.55. The fraction of sp³-hybridized carbons (Fsp3) is 0.0714. The Labute approximate surface area is 99.6 Å². The summed E-state index contributed by atoms with van der Waals surface area (Å²) in [5.74, 6) is 0. The highest BCUT2D eigenvalue weighted by Gasteiger charge is 2.07. The van der Waals surface area contributed by atoms with Gasteiger partial charge < -0.3 is 0 Å². The van der Waals surface area contributed by atoms with Crippen molar-refractivity contribution in [3.63, 3.8) is 0 Å². The molecular weight excluding hydrogens is 210 g/mol. The largest absolute Gasteiger partial charge is 0.246 e. The zero-order valence-electron chi connectivity index (χ0n) is 9.24. The van der Waals surface area contributed by atoms with Crippen LogP contribution < -0.4 is 0 Å². The van der Waals surface area contributed by atoms with E-state index in [0.29, 0.717) is 0 Å². The van der Waals surface area contributed by atoms with Crippen LogP contribution in [0.4, 0.5) is 5.69 Å². The third kappa shape index (κ3) is 1.99. The zero-order valence-corrected chi connectivity index (χ0v) is 9.24. The van der Waals surface area contributed by atoms with Gasteiger partial charge in [-0.1, -0.05) is 24.3 Å². The van der Waals surface area contributed by atoms with E-state index in [-0.39, 0.29) is 0 Å². The first kappa shape index (κ1) is 9.90. The van der Waals surface area contributed by atoms with E-state index in [9.17, 15) is 0 Å². The van der Waals surface area contributed by atoms with E-state index >= 15 is 0 Å². The molecule has 0 unspecified atom stereocenters. The van der Waals surface area contributed by atoms with E-state index in [2.05, 4.69) is 27.3 Å². The summed E-state index contributed by atoms with van der Waals surface area (Å²) in [7, 11) is 0. The van der Waals surface area contributed by atoms with Gasteiger partial charge in [0.05, 0.1) is 11.4 Å². The molecule has 3 nitrogen and oxygen atoms in total. The Hall–Kier alpha value is -2.29. The van der Waals surface area contributed by atoms with Gasteiger partial charge in [0.2, 0.25) is 0 Å². The Balaban J connectivity index is 2.10. The second-order valence-corrected chi connectivity index (χ2v) is 3.84. The summed E-state index contributed by atoms with van der Waals surface area (Å²) in [5.41, 5.74) is 3.92. The van der Waals surface area contributed by atoms with Gasteiger partial charge in [0.25, 0.3) is 0 Å². The van der Waals surface area contributed by atoms with Gasteiger partial charge in [-0.2, -0.15) is 5.10 Å². The van der Waals surface area contributed by atoms with Gasteiger partial charge in [-0.25, -0.2) is 4.99 Å². The molecule has 0 fully saturated rings. The lowest BCUT2D eigenvalue weighted by Crippen LogP contribution is -2.00. The van der Waals surface area contributed by atoms with Crippen molar-refractivity contribution >= 4 is 11.4 Å². The number of nitrogens with zero attached hydrogens (tertiary/aromatic N) is 3. The van der Waals surface area contributed by atoms with Crippen molar-refractivity contribution in [2.75, 3.05) is 0 Å². The zero-order chi connectivity index (χ0) is 11.5. The van der Waals surface area contributed by atoms with Crippen molar-refractivity contribution in [2.45, 2.75) is 6.42 Å². The Bertz CT molecular complexity index is 585. The van der Waals surface area contributed by atoms with Crippen LogP contribution in [0.3, 0.4) is 0 Å². The number of rotatable bonds is 1. The molecule has 0 amide bonds. The molecule has 1 aliphatic heterocycles. The van der Waals surface area contributed by atoms with E-state index in [1.165, 1.54) is 5.56 Å². The highest BCUT2D eigenvalue weighted by atomic mass is 15.1. The number of allylic oxidation sites excluding steroid dienone is 2. The Kier molecular flexibility index (Phi) is 2.50. The van der Waals surface area contributed by atoms with Crippen molar-refractivity contribution in [1.29, 1.82) is 0 Å². The molecule has 2 heterocycles. The molecule has 1 aromatic heterocycles. The van der Waals surface area contributed by atoms with Crippen molar-refractivity contribution in [3.05, 3.63) is 66.0 Å². The van der Waals surface area contributed by atoms with Gasteiger partial charge in [0.1, 0.15) is 5.69 Å². The summed E-state index contributed by atoms with van der Waals surface area (Å²) in [6.45, 7) is 0. The number of fused-ring (bicyclic) bond motifs is 1. The van der Waals surface area contributed by atoms with Crippen LogP contribution in [-0.2, 0) is 6.42 Å². The van der Waals surface area contributed by atoms with Gasteiger partial charge in [0, 0.05) is 6.20 Å². The number of benzene rings is 1. The van der Waals surface area contributed by atoms with Crippen LogP contribution in [0.25, 0.3) is 0 Å². The molecule has 3 heteroatoms. The van der Waals surface area contributed by atoms with Crippen LogP contribution in [0.15, 0.2) is 59.7 Å². The predicted octanol–water partition coefficient (Wildman–Crippen LogP) is 2.71. The minimum Gasteiger partial charge on any atom is -0.246 e.